The molecule has 2 unspecified atom stereocenters. The van der Waals surface area contributed by atoms with E-state index in [9.17, 15) is 0 Å². The first kappa shape index (κ1) is 21.2. The van der Waals surface area contributed by atoms with Crippen molar-refractivity contribution in [1.82, 2.24) is 15.5 Å². The van der Waals surface area contributed by atoms with Crippen LogP contribution in [0.3, 0.4) is 0 Å². The number of hydrogen-bond acceptors (Lipinski definition) is 3. The van der Waals surface area contributed by atoms with Crippen LogP contribution in [-0.4, -0.2) is 61.8 Å². The lowest BCUT2D eigenvalue weighted by Crippen LogP contribution is -2.45. The molecule has 1 heterocycles. The molecule has 0 aromatic carbocycles. The number of rotatable bonds is 6. The Hall–Kier alpha value is -0.0800. The molecule has 0 radical (unpaired) electrons. The SMILES string of the molecule is CN=C(NCCOC1CCCCCC1)NC1CC(C)N(C2CC2)C1.I. The molecule has 0 aromatic heterocycles. The van der Waals surface area contributed by atoms with E-state index in [0.29, 0.717) is 18.2 Å². The summed E-state index contributed by atoms with van der Waals surface area (Å²) in [5.74, 6) is 0.925. The second kappa shape index (κ2) is 10.9. The molecule has 146 valence electrons. The van der Waals surface area contributed by atoms with Crippen LogP contribution in [0.5, 0.6) is 0 Å². The fraction of sp³-hybridized carbons (Fsp3) is 0.947. The number of nitrogens with zero attached hydrogens (tertiary/aromatic N) is 2. The van der Waals surface area contributed by atoms with E-state index in [4.69, 9.17) is 4.74 Å². The Labute approximate surface area is 170 Å². The molecular formula is C19H37IN4O. The molecule has 2 aliphatic carbocycles. The number of likely N-dealkylation sites (tertiary alicyclic amines) is 1. The third-order valence-corrected chi connectivity index (χ3v) is 5.75. The van der Waals surface area contributed by atoms with E-state index in [2.05, 4.69) is 27.4 Å². The smallest absolute Gasteiger partial charge is 0.191 e. The monoisotopic (exact) mass is 464 g/mol. The summed E-state index contributed by atoms with van der Waals surface area (Å²) < 4.78 is 6.05. The van der Waals surface area contributed by atoms with E-state index in [1.54, 1.807) is 0 Å². The van der Waals surface area contributed by atoms with Gasteiger partial charge >= 0.3 is 0 Å². The molecule has 5 nitrogen and oxygen atoms in total. The van der Waals surface area contributed by atoms with Crippen molar-refractivity contribution in [2.24, 2.45) is 4.99 Å². The molecule has 25 heavy (non-hydrogen) atoms. The molecule has 1 aliphatic heterocycles. The number of aliphatic imine (C=N–C) groups is 1. The zero-order valence-electron chi connectivity index (χ0n) is 16.0. The van der Waals surface area contributed by atoms with Gasteiger partial charge in [-0.15, -0.1) is 24.0 Å². The third kappa shape index (κ3) is 6.86. The Bertz CT molecular complexity index is 408. The van der Waals surface area contributed by atoms with E-state index in [0.717, 1.165) is 31.7 Å². The van der Waals surface area contributed by atoms with Crippen molar-refractivity contribution in [2.45, 2.75) is 88.9 Å². The van der Waals surface area contributed by atoms with Crippen molar-refractivity contribution in [1.29, 1.82) is 0 Å². The van der Waals surface area contributed by atoms with Gasteiger partial charge in [0, 0.05) is 38.3 Å². The van der Waals surface area contributed by atoms with Gasteiger partial charge in [-0.2, -0.15) is 0 Å². The molecule has 0 spiro atoms. The standard InChI is InChI=1S/C19H36N4O.HI/c1-15-13-16(14-23(15)17-9-10-17)22-19(20-2)21-11-12-24-18-7-5-3-4-6-8-18;/h15-18H,3-14H2,1-2H3,(H2,20,21,22);1H. The number of nitrogens with one attached hydrogen (secondary N) is 2. The van der Waals surface area contributed by atoms with Crippen molar-refractivity contribution < 1.29 is 4.74 Å². The number of guanidine groups is 1. The molecule has 2 saturated carbocycles. The first-order valence-electron chi connectivity index (χ1n) is 10.1. The summed E-state index contributed by atoms with van der Waals surface area (Å²) in [6.07, 6.45) is 12.4. The average Bonchev–Trinajstić information content (AvgIpc) is 3.38. The summed E-state index contributed by atoms with van der Waals surface area (Å²) in [6, 6.07) is 2.08. The van der Waals surface area contributed by atoms with Crippen molar-refractivity contribution in [3.63, 3.8) is 0 Å². The minimum absolute atomic E-state index is 0. The van der Waals surface area contributed by atoms with Gasteiger partial charge in [-0.25, -0.2) is 0 Å². The summed E-state index contributed by atoms with van der Waals surface area (Å²) in [4.78, 5) is 7.05. The predicted octanol–water partition coefficient (Wildman–Crippen LogP) is 3.13. The van der Waals surface area contributed by atoms with Crippen molar-refractivity contribution in [3.8, 4) is 0 Å². The lowest BCUT2D eigenvalue weighted by atomic mass is 10.1. The van der Waals surface area contributed by atoms with Crippen LogP contribution in [-0.2, 0) is 4.74 Å². The van der Waals surface area contributed by atoms with Gasteiger partial charge in [-0.05, 0) is 39.0 Å². The molecule has 3 rings (SSSR count). The molecule has 2 atom stereocenters. The molecule has 0 bridgehead atoms. The van der Waals surface area contributed by atoms with E-state index >= 15 is 0 Å². The van der Waals surface area contributed by atoms with Crippen molar-refractivity contribution in [2.75, 3.05) is 26.7 Å². The molecule has 3 fully saturated rings. The maximum Gasteiger partial charge on any atom is 0.191 e. The predicted molar refractivity (Wildman–Crippen MR) is 115 cm³/mol. The van der Waals surface area contributed by atoms with Crippen molar-refractivity contribution in [3.05, 3.63) is 0 Å². The first-order chi connectivity index (χ1) is 11.8. The molecule has 0 aromatic rings. The highest BCUT2D eigenvalue weighted by molar-refractivity contribution is 14.0. The zero-order chi connectivity index (χ0) is 16.8. The maximum atomic E-state index is 6.05. The minimum atomic E-state index is 0. The van der Waals surface area contributed by atoms with Crippen LogP contribution in [0, 0.1) is 0 Å². The van der Waals surface area contributed by atoms with Crippen LogP contribution in [0.25, 0.3) is 0 Å². The molecule has 3 aliphatic rings. The van der Waals surface area contributed by atoms with Gasteiger partial charge in [0.05, 0.1) is 12.7 Å². The van der Waals surface area contributed by atoms with Crippen LogP contribution >= 0.6 is 24.0 Å². The Morgan fingerprint density at radius 3 is 2.48 bits per heavy atom. The van der Waals surface area contributed by atoms with Crippen LogP contribution in [0.1, 0.15) is 64.7 Å². The van der Waals surface area contributed by atoms with Gasteiger partial charge in [0.1, 0.15) is 0 Å². The Balaban J connectivity index is 0.00000225. The van der Waals surface area contributed by atoms with Gasteiger partial charge in [0.2, 0.25) is 0 Å². The maximum absolute atomic E-state index is 6.05. The van der Waals surface area contributed by atoms with Crippen LogP contribution in [0.4, 0.5) is 0 Å². The van der Waals surface area contributed by atoms with Gasteiger partial charge in [-0.1, -0.05) is 25.7 Å². The normalized spacial score (nSPS) is 29.1. The zero-order valence-corrected chi connectivity index (χ0v) is 18.3. The van der Waals surface area contributed by atoms with Gasteiger partial charge in [-0.3, -0.25) is 9.89 Å². The summed E-state index contributed by atoms with van der Waals surface area (Å²) in [5.41, 5.74) is 0. The van der Waals surface area contributed by atoms with Gasteiger partial charge < -0.3 is 15.4 Å². The summed E-state index contributed by atoms with van der Waals surface area (Å²) in [7, 11) is 1.86. The number of halogens is 1. The van der Waals surface area contributed by atoms with Crippen LogP contribution in [0.2, 0.25) is 0 Å². The van der Waals surface area contributed by atoms with E-state index in [-0.39, 0.29) is 24.0 Å². The molecule has 2 N–H and O–H groups in total. The largest absolute Gasteiger partial charge is 0.376 e. The lowest BCUT2D eigenvalue weighted by molar-refractivity contribution is 0.0468. The second-order valence-electron chi connectivity index (χ2n) is 7.84. The topological polar surface area (TPSA) is 48.9 Å². The molecular weight excluding hydrogens is 427 g/mol. The summed E-state index contributed by atoms with van der Waals surface area (Å²) in [5, 5.41) is 7.02. The first-order valence-corrected chi connectivity index (χ1v) is 10.1. The highest BCUT2D eigenvalue weighted by atomic mass is 127. The third-order valence-electron chi connectivity index (χ3n) is 5.75. The Kier molecular flexibility index (Phi) is 9.27. The number of ether oxygens (including phenoxy) is 1. The fourth-order valence-corrected chi connectivity index (χ4v) is 4.27. The second-order valence-corrected chi connectivity index (χ2v) is 7.84. The minimum Gasteiger partial charge on any atom is -0.376 e. The van der Waals surface area contributed by atoms with Gasteiger partial charge in [0.25, 0.3) is 0 Å². The average molecular weight is 464 g/mol. The Morgan fingerprint density at radius 1 is 1.12 bits per heavy atom. The highest BCUT2D eigenvalue weighted by Gasteiger charge is 2.38. The Morgan fingerprint density at radius 2 is 1.84 bits per heavy atom. The quantitative estimate of drug-likeness (QED) is 0.209. The lowest BCUT2D eigenvalue weighted by Gasteiger charge is -2.20. The van der Waals surface area contributed by atoms with Crippen LogP contribution in [0.15, 0.2) is 4.99 Å². The molecule has 6 heteroatoms. The van der Waals surface area contributed by atoms with Crippen LogP contribution < -0.4 is 10.6 Å². The van der Waals surface area contributed by atoms with E-state index in [1.165, 1.54) is 57.8 Å². The van der Waals surface area contributed by atoms with E-state index < -0.39 is 0 Å². The summed E-state index contributed by atoms with van der Waals surface area (Å²) >= 11 is 0. The van der Waals surface area contributed by atoms with E-state index in [1.807, 2.05) is 7.05 Å². The number of hydrogen-bond donors (Lipinski definition) is 2. The van der Waals surface area contributed by atoms with Crippen molar-refractivity contribution >= 4 is 29.9 Å². The van der Waals surface area contributed by atoms with Gasteiger partial charge in [0.15, 0.2) is 5.96 Å². The summed E-state index contributed by atoms with van der Waals surface area (Å²) in [6.45, 7) is 5.13. The fourth-order valence-electron chi connectivity index (χ4n) is 4.27. The molecule has 1 saturated heterocycles. The highest BCUT2D eigenvalue weighted by Crippen LogP contribution is 2.33. The molecule has 0 amide bonds.